The lowest BCUT2D eigenvalue weighted by molar-refractivity contribution is -0.144. The molecule has 2 aliphatic carbocycles. The maximum atomic E-state index is 15.1. The number of amides is 4. The van der Waals surface area contributed by atoms with Crippen molar-refractivity contribution in [2.45, 2.75) is 139 Å². The highest BCUT2D eigenvalue weighted by molar-refractivity contribution is 7.91. The van der Waals surface area contributed by atoms with Crippen molar-refractivity contribution in [3.05, 3.63) is 41.6 Å². The standard InChI is InChI=1S/C41H53F2N5O9S/c1-23(2)24(3)48(38(52)53)30-12-10-8-6-7-9-11-25-20-41(25,37(51)46-58(54,55)39(4)17-18-39)45-35(49)31-21-40(22-47(31)36(30)50)16-15-27-28-19-26(56-5)13-14-29(28)44-32(34(42)43)33(27)57-40/h9,11,13-14,19,23-25,30-31,34H,6-8,10,12,15-18,20-22H2,1-5H3,(H,45,49)(H,46,51)(H,52,53)/b11-9-/t24-,25+,30-,31-,40+,41+/m0/s1. The molecule has 2 saturated carbocycles. The van der Waals surface area contributed by atoms with Gasteiger partial charge in [0.1, 0.15) is 34.7 Å². The molecule has 1 aromatic heterocycles. The minimum Gasteiger partial charge on any atom is -0.497 e. The molecule has 3 aliphatic heterocycles. The molecule has 1 spiro atoms. The van der Waals surface area contributed by atoms with Gasteiger partial charge in [-0.3, -0.25) is 24.0 Å². The number of ether oxygens (including phenoxy) is 2. The van der Waals surface area contributed by atoms with Crippen LogP contribution in [0, 0.1) is 11.8 Å². The van der Waals surface area contributed by atoms with Gasteiger partial charge in [0.15, 0.2) is 5.75 Å². The number of carbonyl (C=O) groups excluding carboxylic acids is 3. The number of methoxy groups -OCH3 is 1. The first-order valence-corrected chi connectivity index (χ1v) is 21.7. The maximum absolute atomic E-state index is 15.1. The number of aromatic nitrogens is 1. The zero-order valence-corrected chi connectivity index (χ0v) is 34.4. The predicted octanol–water partition coefficient (Wildman–Crippen LogP) is 5.63. The molecule has 1 saturated heterocycles. The second-order valence-electron chi connectivity index (χ2n) is 17.4. The molecule has 17 heteroatoms. The van der Waals surface area contributed by atoms with Gasteiger partial charge in [-0.1, -0.05) is 38.8 Å². The van der Waals surface area contributed by atoms with Crippen LogP contribution in [0.2, 0.25) is 0 Å². The van der Waals surface area contributed by atoms with Crippen LogP contribution >= 0.6 is 0 Å². The summed E-state index contributed by atoms with van der Waals surface area (Å²) < 4.78 is 69.1. The molecule has 5 aliphatic rings. The third-order valence-corrected chi connectivity index (χ3v) is 15.3. The van der Waals surface area contributed by atoms with Gasteiger partial charge in [0.05, 0.1) is 23.9 Å². The number of nitrogens with zero attached hydrogens (tertiary/aromatic N) is 3. The number of carbonyl (C=O) groups is 4. The molecule has 316 valence electrons. The number of alkyl halides is 2. The molecule has 2 aromatic rings. The van der Waals surface area contributed by atoms with E-state index in [1.54, 1.807) is 32.0 Å². The molecule has 58 heavy (non-hydrogen) atoms. The third-order valence-electron chi connectivity index (χ3n) is 13.2. The molecule has 0 bridgehead atoms. The van der Waals surface area contributed by atoms with Crippen LogP contribution in [-0.2, 0) is 30.8 Å². The lowest BCUT2D eigenvalue weighted by atomic mass is 9.87. The van der Waals surface area contributed by atoms with Crippen LogP contribution in [0.1, 0.15) is 110 Å². The first kappa shape index (κ1) is 41.6. The van der Waals surface area contributed by atoms with E-state index < -0.39 is 85.9 Å². The Morgan fingerprint density at radius 2 is 1.86 bits per heavy atom. The lowest BCUT2D eigenvalue weighted by Crippen LogP contribution is -2.60. The molecular formula is C41H53F2N5O9S. The number of aryl methyl sites for hydroxylation is 1. The molecule has 4 heterocycles. The number of nitrogens with one attached hydrogen (secondary N) is 2. The zero-order valence-electron chi connectivity index (χ0n) is 33.6. The van der Waals surface area contributed by atoms with E-state index in [1.165, 1.54) is 12.0 Å². The molecule has 6 atom stereocenters. The topological polar surface area (TPSA) is 185 Å². The van der Waals surface area contributed by atoms with E-state index in [0.29, 0.717) is 60.7 Å². The molecule has 0 radical (unpaired) electrons. The fourth-order valence-electron chi connectivity index (χ4n) is 8.83. The Morgan fingerprint density at radius 3 is 2.52 bits per heavy atom. The van der Waals surface area contributed by atoms with Crippen molar-refractivity contribution in [2.75, 3.05) is 13.7 Å². The smallest absolute Gasteiger partial charge is 0.408 e. The van der Waals surface area contributed by atoms with Gasteiger partial charge in [0, 0.05) is 29.3 Å². The van der Waals surface area contributed by atoms with E-state index in [0.717, 1.165) is 4.90 Å². The Labute approximate surface area is 337 Å². The van der Waals surface area contributed by atoms with Crippen molar-refractivity contribution in [3.8, 4) is 11.5 Å². The Morgan fingerprint density at radius 1 is 1.12 bits per heavy atom. The van der Waals surface area contributed by atoms with Crippen molar-refractivity contribution in [3.63, 3.8) is 0 Å². The van der Waals surface area contributed by atoms with Crippen molar-refractivity contribution < 1.29 is 51.0 Å². The molecule has 7 rings (SSSR count). The highest BCUT2D eigenvalue weighted by Gasteiger charge is 2.64. The normalized spacial score (nSPS) is 29.3. The van der Waals surface area contributed by atoms with Crippen molar-refractivity contribution in [1.29, 1.82) is 0 Å². The van der Waals surface area contributed by atoms with Gasteiger partial charge in [-0.15, -0.1) is 0 Å². The second-order valence-corrected chi connectivity index (χ2v) is 19.6. The van der Waals surface area contributed by atoms with Gasteiger partial charge in [-0.25, -0.2) is 27.0 Å². The van der Waals surface area contributed by atoms with Gasteiger partial charge < -0.3 is 24.8 Å². The monoisotopic (exact) mass is 829 g/mol. The summed E-state index contributed by atoms with van der Waals surface area (Å²) in [6.07, 6.45) is 3.21. The van der Waals surface area contributed by atoms with E-state index in [1.807, 2.05) is 26.0 Å². The average molecular weight is 830 g/mol. The van der Waals surface area contributed by atoms with Crippen molar-refractivity contribution >= 4 is 44.7 Å². The summed E-state index contributed by atoms with van der Waals surface area (Å²) in [7, 11) is -2.59. The molecule has 0 unspecified atom stereocenters. The average Bonchev–Trinajstić information content (AvgIpc) is 4.07. The molecule has 14 nitrogen and oxygen atoms in total. The van der Waals surface area contributed by atoms with Gasteiger partial charge in [-0.2, -0.15) is 0 Å². The third kappa shape index (κ3) is 7.47. The number of allylic oxidation sites excluding steroid dienone is 1. The Bertz CT molecular complexity index is 2150. The maximum Gasteiger partial charge on any atom is 0.408 e. The number of fused-ring (bicyclic) bond motifs is 5. The summed E-state index contributed by atoms with van der Waals surface area (Å²) in [5.41, 5.74) is -2.78. The van der Waals surface area contributed by atoms with E-state index >= 15 is 4.79 Å². The Hall–Kier alpha value is -4.54. The van der Waals surface area contributed by atoms with Crippen LogP contribution in [0.3, 0.4) is 0 Å². The van der Waals surface area contributed by atoms with E-state index in [9.17, 15) is 36.7 Å². The van der Waals surface area contributed by atoms with Crippen LogP contribution in [-0.4, -0.2) is 99.8 Å². The van der Waals surface area contributed by atoms with Crippen LogP contribution in [0.5, 0.6) is 11.5 Å². The van der Waals surface area contributed by atoms with E-state index in [2.05, 4.69) is 15.0 Å². The Kier molecular flexibility index (Phi) is 10.9. The van der Waals surface area contributed by atoms with Crippen LogP contribution in [0.4, 0.5) is 13.6 Å². The number of hydrogen-bond acceptors (Lipinski definition) is 9. The largest absolute Gasteiger partial charge is 0.497 e. The van der Waals surface area contributed by atoms with E-state index in [4.69, 9.17) is 9.47 Å². The highest BCUT2D eigenvalue weighted by atomic mass is 32.2. The first-order valence-electron chi connectivity index (χ1n) is 20.2. The zero-order chi connectivity index (χ0) is 41.9. The number of benzene rings is 1. The van der Waals surface area contributed by atoms with Gasteiger partial charge in [0.25, 0.3) is 12.3 Å². The summed E-state index contributed by atoms with van der Waals surface area (Å²) in [5.74, 6) is -2.63. The number of carboxylic acid groups (broad SMARTS) is 1. The lowest BCUT2D eigenvalue weighted by Gasteiger charge is -2.39. The van der Waals surface area contributed by atoms with E-state index in [-0.39, 0.29) is 50.3 Å². The summed E-state index contributed by atoms with van der Waals surface area (Å²) in [6.45, 7) is 6.75. The highest BCUT2D eigenvalue weighted by Crippen LogP contribution is 2.50. The molecule has 1 aromatic carbocycles. The minimum atomic E-state index is -4.07. The van der Waals surface area contributed by atoms with Crippen molar-refractivity contribution in [1.82, 2.24) is 24.8 Å². The first-order chi connectivity index (χ1) is 27.4. The molecule has 4 amide bonds. The summed E-state index contributed by atoms with van der Waals surface area (Å²) in [4.78, 5) is 63.5. The fourth-order valence-corrected chi connectivity index (χ4v) is 10.1. The Balaban J connectivity index is 1.30. The number of sulfonamides is 1. The number of pyridine rings is 1. The minimum absolute atomic E-state index is 0.115. The van der Waals surface area contributed by atoms with Crippen LogP contribution in [0.15, 0.2) is 30.4 Å². The number of halogens is 2. The van der Waals surface area contributed by atoms with Gasteiger partial charge >= 0.3 is 6.09 Å². The SMILES string of the molecule is COc1ccc2nc(C(F)F)c3c(c2c1)CC[C@]1(C[C@H]2C(=O)N[C@]4(C(=O)NS(=O)(=O)C5(C)CC5)C[C@H]4/C=C\CCCCC[C@H](N(C(=O)O)[C@@H](C)C(C)C)C(=O)N2C1)O3. The van der Waals surface area contributed by atoms with Gasteiger partial charge in [-0.05, 0) is 89.3 Å². The van der Waals surface area contributed by atoms with Crippen LogP contribution in [0.25, 0.3) is 10.9 Å². The summed E-state index contributed by atoms with van der Waals surface area (Å²) in [6, 6.07) is 1.81. The number of rotatable bonds is 8. The quantitative estimate of drug-likeness (QED) is 0.282. The second kappa shape index (κ2) is 15.2. The molecule has 3 N–H and O–H groups in total. The fraction of sp³-hybridized carbons (Fsp3) is 0.634. The van der Waals surface area contributed by atoms with Crippen LogP contribution < -0.4 is 19.5 Å². The van der Waals surface area contributed by atoms with Gasteiger partial charge in [0.2, 0.25) is 21.8 Å². The molecule has 3 fully saturated rings. The summed E-state index contributed by atoms with van der Waals surface area (Å²) >= 11 is 0. The summed E-state index contributed by atoms with van der Waals surface area (Å²) in [5, 5.41) is 14.0. The number of hydrogen-bond donors (Lipinski definition) is 3. The van der Waals surface area contributed by atoms with Crippen molar-refractivity contribution in [2.24, 2.45) is 11.8 Å². The molecular weight excluding hydrogens is 777 g/mol. The predicted molar refractivity (Wildman–Crippen MR) is 209 cm³/mol.